The minimum Gasteiger partial charge on any atom is -0.316 e. The molecule has 0 amide bonds. The Kier molecular flexibility index (Phi) is 3.65. The van der Waals surface area contributed by atoms with E-state index in [4.69, 9.17) is 0 Å². The van der Waals surface area contributed by atoms with Gasteiger partial charge in [-0.15, -0.1) is 0 Å². The average molecular weight is 211 g/mol. The van der Waals surface area contributed by atoms with E-state index < -0.39 is 0 Å². The van der Waals surface area contributed by atoms with Crippen molar-refractivity contribution in [1.29, 1.82) is 0 Å². The molecule has 0 spiro atoms. The van der Waals surface area contributed by atoms with Crippen molar-refractivity contribution >= 4 is 0 Å². The number of hydrogen-bond donors (Lipinski definition) is 1. The molecule has 2 aliphatic rings. The fourth-order valence-corrected chi connectivity index (χ4v) is 3.15. The standard InChI is InChI=1S/C12H25N3/c1-14(2)12(11-8-13-9-11)10-4-6-15(3)7-5-10/h10-13H,4-9H2,1-3H3. The second kappa shape index (κ2) is 4.81. The molecule has 88 valence electrons. The number of hydrogen-bond acceptors (Lipinski definition) is 3. The first kappa shape index (κ1) is 11.4. The van der Waals surface area contributed by atoms with Gasteiger partial charge in [-0.05, 0) is 58.9 Å². The number of nitrogens with zero attached hydrogens (tertiary/aromatic N) is 2. The van der Waals surface area contributed by atoms with Crippen LogP contribution in [-0.4, -0.2) is 63.2 Å². The first-order chi connectivity index (χ1) is 7.18. The van der Waals surface area contributed by atoms with Gasteiger partial charge in [-0.3, -0.25) is 0 Å². The Morgan fingerprint density at radius 2 is 1.73 bits per heavy atom. The van der Waals surface area contributed by atoms with Crippen LogP contribution in [0.5, 0.6) is 0 Å². The van der Waals surface area contributed by atoms with Gasteiger partial charge in [0.15, 0.2) is 0 Å². The van der Waals surface area contributed by atoms with E-state index >= 15 is 0 Å². The lowest BCUT2D eigenvalue weighted by Crippen LogP contribution is -2.56. The highest BCUT2D eigenvalue weighted by Gasteiger charge is 2.35. The zero-order valence-electron chi connectivity index (χ0n) is 10.4. The molecule has 3 heteroatoms. The summed E-state index contributed by atoms with van der Waals surface area (Å²) in [5.74, 6) is 1.82. The minimum absolute atomic E-state index is 0.806. The lowest BCUT2D eigenvalue weighted by atomic mass is 9.79. The van der Waals surface area contributed by atoms with E-state index in [9.17, 15) is 0 Å². The van der Waals surface area contributed by atoms with Crippen LogP contribution in [-0.2, 0) is 0 Å². The smallest absolute Gasteiger partial charge is 0.0171 e. The molecule has 0 aromatic rings. The van der Waals surface area contributed by atoms with Crippen LogP contribution < -0.4 is 5.32 Å². The molecule has 2 fully saturated rings. The van der Waals surface area contributed by atoms with Gasteiger partial charge in [-0.2, -0.15) is 0 Å². The third kappa shape index (κ3) is 2.52. The van der Waals surface area contributed by atoms with Gasteiger partial charge in [-0.1, -0.05) is 0 Å². The summed E-state index contributed by atoms with van der Waals surface area (Å²) >= 11 is 0. The predicted molar refractivity (Wildman–Crippen MR) is 64.1 cm³/mol. The fourth-order valence-electron chi connectivity index (χ4n) is 3.15. The van der Waals surface area contributed by atoms with Gasteiger partial charge in [0.1, 0.15) is 0 Å². The largest absolute Gasteiger partial charge is 0.316 e. The quantitative estimate of drug-likeness (QED) is 0.732. The number of rotatable bonds is 3. The van der Waals surface area contributed by atoms with Crippen molar-refractivity contribution in [3.63, 3.8) is 0 Å². The molecule has 1 atom stereocenters. The van der Waals surface area contributed by atoms with Gasteiger partial charge in [0.2, 0.25) is 0 Å². The van der Waals surface area contributed by atoms with Crippen LogP contribution in [0.4, 0.5) is 0 Å². The van der Waals surface area contributed by atoms with Crippen molar-refractivity contribution in [2.24, 2.45) is 11.8 Å². The number of likely N-dealkylation sites (tertiary alicyclic amines) is 1. The molecule has 0 radical (unpaired) electrons. The maximum absolute atomic E-state index is 3.41. The molecule has 0 saturated carbocycles. The molecule has 0 bridgehead atoms. The zero-order valence-corrected chi connectivity index (χ0v) is 10.4. The number of piperidine rings is 1. The molecule has 2 saturated heterocycles. The van der Waals surface area contributed by atoms with Crippen LogP contribution in [0.15, 0.2) is 0 Å². The van der Waals surface area contributed by atoms with Gasteiger partial charge >= 0.3 is 0 Å². The third-order valence-corrected chi connectivity index (χ3v) is 4.14. The van der Waals surface area contributed by atoms with Crippen LogP contribution in [0.25, 0.3) is 0 Å². The Morgan fingerprint density at radius 3 is 2.13 bits per heavy atom. The van der Waals surface area contributed by atoms with Crippen molar-refractivity contribution in [2.75, 3.05) is 47.3 Å². The Bertz CT molecular complexity index is 193. The molecule has 0 aromatic heterocycles. The molecule has 2 rings (SSSR count). The Balaban J connectivity index is 1.92. The third-order valence-electron chi connectivity index (χ3n) is 4.14. The number of nitrogens with one attached hydrogen (secondary N) is 1. The van der Waals surface area contributed by atoms with E-state index in [2.05, 4.69) is 36.3 Å². The first-order valence-corrected chi connectivity index (χ1v) is 6.24. The molecule has 15 heavy (non-hydrogen) atoms. The van der Waals surface area contributed by atoms with Crippen LogP contribution in [0.3, 0.4) is 0 Å². The predicted octanol–water partition coefficient (Wildman–Crippen LogP) is 0.478. The van der Waals surface area contributed by atoms with Crippen LogP contribution >= 0.6 is 0 Å². The summed E-state index contributed by atoms with van der Waals surface area (Å²) in [5.41, 5.74) is 0. The summed E-state index contributed by atoms with van der Waals surface area (Å²) in [6.07, 6.45) is 2.77. The van der Waals surface area contributed by atoms with E-state index in [1.807, 2.05) is 0 Å². The fraction of sp³-hybridized carbons (Fsp3) is 1.00. The van der Waals surface area contributed by atoms with Crippen molar-refractivity contribution in [2.45, 2.75) is 18.9 Å². The molecule has 0 aliphatic carbocycles. The first-order valence-electron chi connectivity index (χ1n) is 6.24. The second-order valence-corrected chi connectivity index (χ2v) is 5.51. The summed E-state index contributed by atoms with van der Waals surface area (Å²) in [6, 6.07) is 0.806. The van der Waals surface area contributed by atoms with Crippen LogP contribution in [0, 0.1) is 11.8 Å². The van der Waals surface area contributed by atoms with Crippen molar-refractivity contribution in [3.05, 3.63) is 0 Å². The Morgan fingerprint density at radius 1 is 1.13 bits per heavy atom. The summed E-state index contributed by atoms with van der Waals surface area (Å²) in [7, 11) is 6.74. The van der Waals surface area contributed by atoms with Crippen LogP contribution in [0.2, 0.25) is 0 Å². The molecule has 2 heterocycles. The summed E-state index contributed by atoms with van der Waals surface area (Å²) in [5, 5.41) is 3.41. The van der Waals surface area contributed by atoms with Gasteiger partial charge in [0.05, 0.1) is 0 Å². The molecule has 1 N–H and O–H groups in total. The second-order valence-electron chi connectivity index (χ2n) is 5.51. The van der Waals surface area contributed by atoms with Crippen molar-refractivity contribution in [3.8, 4) is 0 Å². The van der Waals surface area contributed by atoms with E-state index in [0.29, 0.717) is 0 Å². The van der Waals surface area contributed by atoms with Gasteiger partial charge < -0.3 is 15.1 Å². The molecule has 1 unspecified atom stereocenters. The normalized spacial score (nSPS) is 28.0. The topological polar surface area (TPSA) is 18.5 Å². The van der Waals surface area contributed by atoms with E-state index in [0.717, 1.165) is 17.9 Å². The minimum atomic E-state index is 0.806. The molecule has 3 nitrogen and oxygen atoms in total. The SMILES string of the molecule is CN1CCC(C(C2CNC2)N(C)C)CC1. The zero-order chi connectivity index (χ0) is 10.8. The highest BCUT2D eigenvalue weighted by Crippen LogP contribution is 2.28. The lowest BCUT2D eigenvalue weighted by molar-refractivity contribution is 0.0675. The molecular weight excluding hydrogens is 186 g/mol. The van der Waals surface area contributed by atoms with Gasteiger partial charge in [0, 0.05) is 19.1 Å². The van der Waals surface area contributed by atoms with Crippen LogP contribution in [0.1, 0.15) is 12.8 Å². The van der Waals surface area contributed by atoms with Gasteiger partial charge in [0.25, 0.3) is 0 Å². The van der Waals surface area contributed by atoms with Crippen molar-refractivity contribution < 1.29 is 0 Å². The van der Waals surface area contributed by atoms with Gasteiger partial charge in [-0.25, -0.2) is 0 Å². The maximum Gasteiger partial charge on any atom is 0.0171 e. The Labute approximate surface area is 93.8 Å². The van der Waals surface area contributed by atoms with E-state index in [1.54, 1.807) is 0 Å². The average Bonchev–Trinajstić information content (AvgIpc) is 2.12. The van der Waals surface area contributed by atoms with E-state index in [1.165, 1.54) is 39.0 Å². The summed E-state index contributed by atoms with van der Waals surface area (Å²) in [6.45, 7) is 5.04. The maximum atomic E-state index is 3.41. The Hall–Kier alpha value is -0.120. The lowest BCUT2D eigenvalue weighted by Gasteiger charge is -2.45. The summed E-state index contributed by atoms with van der Waals surface area (Å²) < 4.78 is 0. The molecular formula is C12H25N3. The molecule has 2 aliphatic heterocycles. The highest BCUT2D eigenvalue weighted by atomic mass is 15.2. The van der Waals surface area contributed by atoms with Crippen molar-refractivity contribution in [1.82, 2.24) is 15.1 Å². The summed E-state index contributed by atoms with van der Waals surface area (Å²) in [4.78, 5) is 4.92. The highest BCUT2D eigenvalue weighted by molar-refractivity contribution is 4.92. The molecule has 0 aromatic carbocycles. The van der Waals surface area contributed by atoms with E-state index in [-0.39, 0.29) is 0 Å². The monoisotopic (exact) mass is 211 g/mol.